The van der Waals surface area contributed by atoms with Crippen molar-refractivity contribution in [2.75, 3.05) is 45.8 Å². The van der Waals surface area contributed by atoms with Crippen LogP contribution in [0.3, 0.4) is 0 Å². The highest BCUT2D eigenvalue weighted by atomic mass is 16.5. The topological polar surface area (TPSA) is 362 Å². The van der Waals surface area contributed by atoms with Gasteiger partial charge in [-0.3, -0.25) is 38.4 Å². The van der Waals surface area contributed by atoms with Gasteiger partial charge in [-0.1, -0.05) is 114 Å². The van der Waals surface area contributed by atoms with Gasteiger partial charge in [-0.25, -0.2) is 29.0 Å². The Morgan fingerprint density at radius 1 is 0.307 bits per heavy atom. The van der Waals surface area contributed by atoms with Crippen LogP contribution in [0, 0.1) is 6.92 Å². The van der Waals surface area contributed by atoms with E-state index in [9.17, 15) is 78.0 Å². The molecule has 26 heteroatoms. The fourth-order valence-electron chi connectivity index (χ4n) is 19.1. The molecule has 0 fully saturated rings. The number of aromatic hydroxyl groups is 4. The third-order valence-corrected chi connectivity index (χ3v) is 28.6. The van der Waals surface area contributed by atoms with Crippen LogP contribution in [0.5, 0.6) is 46.0 Å². The van der Waals surface area contributed by atoms with Gasteiger partial charge in [0.05, 0.1) is 55.9 Å². The molecular formula is C124H106N4O22. The van der Waals surface area contributed by atoms with Crippen molar-refractivity contribution >= 4 is 103 Å². The zero-order valence-corrected chi connectivity index (χ0v) is 84.3. The maximum absolute atomic E-state index is 14.2. The molecule has 0 spiro atoms. The predicted molar refractivity (Wildman–Crippen MR) is 570 cm³/mol. The molecule has 2 aliphatic heterocycles. The van der Waals surface area contributed by atoms with Crippen LogP contribution in [-0.2, 0) is 64.6 Å². The number of nitrogens with zero attached hydrogens (tertiary/aromatic N) is 4. The molecule has 0 radical (unpaired) electrons. The lowest BCUT2D eigenvalue weighted by Gasteiger charge is -2.28. The molecular weight excluding hydrogens is 1900 g/mol. The number of phenolic OH excluding ortho intramolecular Hbond substituents is 4. The Morgan fingerprint density at radius 2 is 0.627 bits per heavy atom. The standard InChI is InChI=1S/C124H106N4O22/c1-12-125(13-2)92-37-20-76-53-84(120(143)149-112(76)67-92)69-145-118(141)78-30-47-99-101(59-78)116(139)127(114(99)137)94-18-16-17-86(65-94)122(6,7)87-32-19-71(5)80(55-87)61-108(133)72-22-39-95(40-23-72)147-96-41-24-73(25-42-96)109(134)62-81-56-88(33-49-104(81)129)123(8,9)89-34-50-105(130)82(57-89)63-110(135)74-26-43-97(44-27-74)148-98-45-28-75(29-46-98)111(136)64-83-58-90(35-51-106(83)131)124(10,11)91-36-52-107(132)103(66-91)128-115(138)100-48-31-79(60-102(100)117(128)140)119(142)146-70-85-54-77-21-38-93(126(14-3)15-4)68-113(77)150-121(85)144/h16-60,65-68,129-132H,12-15,61-64,69-70H2,1-11H3. The van der Waals surface area contributed by atoms with Crippen LogP contribution in [0.15, 0.2) is 316 Å². The van der Waals surface area contributed by atoms with E-state index >= 15 is 0 Å². The largest absolute Gasteiger partial charge is 0.508 e. The molecule has 18 rings (SSSR count). The maximum Gasteiger partial charge on any atom is 0.342 e. The molecule has 0 saturated carbocycles. The number of ether oxygens (including phenoxy) is 4. The van der Waals surface area contributed by atoms with E-state index in [0.29, 0.717) is 101 Å². The van der Waals surface area contributed by atoms with Gasteiger partial charge in [-0.05, 0) is 291 Å². The summed E-state index contributed by atoms with van der Waals surface area (Å²) < 4.78 is 34.6. The molecule has 4 amide bonds. The average Bonchev–Trinajstić information content (AvgIpc) is 1.58. The number of carbonyl (C=O) groups excluding carboxylic acids is 10. The van der Waals surface area contributed by atoms with Crippen LogP contribution in [-0.4, -0.2) is 105 Å². The molecule has 754 valence electrons. The van der Waals surface area contributed by atoms with Crippen molar-refractivity contribution in [2.24, 2.45) is 0 Å². The van der Waals surface area contributed by atoms with E-state index in [1.165, 1.54) is 66.7 Å². The number of Topliss-reactive ketones (excluding diaryl/α,β-unsaturated/α-hetero) is 4. The van der Waals surface area contributed by atoms with Gasteiger partial charge in [0.2, 0.25) is 0 Å². The Hall–Kier alpha value is -18.2. The predicted octanol–water partition coefficient (Wildman–Crippen LogP) is 23.3. The number of phenols is 4. The van der Waals surface area contributed by atoms with Gasteiger partial charge in [0, 0.05) is 141 Å². The Labute approximate surface area is 863 Å². The maximum atomic E-state index is 14.2. The van der Waals surface area contributed by atoms with Crippen molar-refractivity contribution in [1.82, 2.24) is 0 Å². The number of anilines is 4. The minimum atomic E-state index is -0.927. The Kier molecular flexibility index (Phi) is 28.3. The van der Waals surface area contributed by atoms with Crippen LogP contribution in [0.4, 0.5) is 22.7 Å². The van der Waals surface area contributed by atoms with E-state index in [0.717, 1.165) is 80.7 Å². The Morgan fingerprint density at radius 3 is 1.01 bits per heavy atom. The summed E-state index contributed by atoms with van der Waals surface area (Å²) in [5.74, 6) is -4.45. The first-order valence-corrected chi connectivity index (χ1v) is 49.3. The second kappa shape index (κ2) is 41.7. The third kappa shape index (κ3) is 20.7. The lowest BCUT2D eigenvalue weighted by Crippen LogP contribution is -2.30. The number of aryl methyl sites for hydroxylation is 1. The molecule has 16 aromatic rings. The first-order chi connectivity index (χ1) is 71.8. The summed E-state index contributed by atoms with van der Waals surface area (Å²) in [6, 6.07) is 81.2. The fraction of sp³-hybridized carbons (Fsp3) is 0.194. The zero-order chi connectivity index (χ0) is 106. The highest BCUT2D eigenvalue weighted by Gasteiger charge is 2.42. The van der Waals surface area contributed by atoms with Crippen molar-refractivity contribution in [3.8, 4) is 46.0 Å². The average molecular weight is 2000 g/mol. The number of hydrogen-bond donors (Lipinski definition) is 4. The number of rotatable bonds is 36. The molecule has 2 aliphatic rings. The monoisotopic (exact) mass is 2000 g/mol. The van der Waals surface area contributed by atoms with Gasteiger partial charge >= 0.3 is 23.2 Å². The van der Waals surface area contributed by atoms with Crippen molar-refractivity contribution in [2.45, 2.75) is 131 Å². The number of fused-ring (bicyclic) bond motifs is 4. The smallest absolute Gasteiger partial charge is 0.342 e. The minimum Gasteiger partial charge on any atom is -0.508 e. The molecule has 4 heterocycles. The molecule has 0 saturated heterocycles. The first-order valence-electron chi connectivity index (χ1n) is 49.3. The Bertz CT molecular complexity index is 8310. The Balaban J connectivity index is 0.447. The van der Waals surface area contributed by atoms with E-state index < -0.39 is 69.7 Å². The molecule has 2 aromatic heterocycles. The normalized spacial score (nSPS) is 12.4. The van der Waals surface area contributed by atoms with E-state index in [4.69, 9.17) is 27.8 Å². The molecule has 0 aliphatic carbocycles. The molecule has 0 unspecified atom stereocenters. The van der Waals surface area contributed by atoms with Crippen LogP contribution >= 0.6 is 0 Å². The van der Waals surface area contributed by atoms with E-state index in [1.54, 1.807) is 182 Å². The summed E-state index contributed by atoms with van der Waals surface area (Å²) in [5, 5.41) is 46.1. The van der Waals surface area contributed by atoms with Crippen LogP contribution < -0.4 is 40.3 Å². The van der Waals surface area contributed by atoms with E-state index in [-0.39, 0.29) is 129 Å². The summed E-state index contributed by atoms with van der Waals surface area (Å²) in [5.41, 5.74) is 7.85. The van der Waals surface area contributed by atoms with Gasteiger partial charge in [-0.15, -0.1) is 0 Å². The van der Waals surface area contributed by atoms with Crippen molar-refractivity contribution in [3.63, 3.8) is 0 Å². The quantitative estimate of drug-likeness (QED) is 0.0123. The third-order valence-electron chi connectivity index (χ3n) is 28.6. The SMILES string of the molecule is CCN(CC)c1ccc2cc(COC(=O)c3ccc4c(c3)C(=O)N(c3cccc(C(C)(C)c5ccc(C)c(CC(=O)c6ccc(Oc7ccc(C(=O)Cc8cc(C(C)(C)c9ccc(O)c(CC(=O)c%10ccc(Oc%11ccc(C(=O)Cc%12cc(C(C)(C)c%13ccc(O)c(N%14C(=O)c%15ccc(C(=O)OCc%16cc%17ccc(N(CC)CC)cc%17oc%16=O)cc%15C%14=O)c%13)ccc%12O)cc%11)cc%10)c9)ccc8O)cc7)cc6)c5)c3)C4=O)c(=O)oc2c1. The molecule has 4 N–H and O–H groups in total. The summed E-state index contributed by atoms with van der Waals surface area (Å²) in [6.45, 7) is 24.0. The second-order valence-corrected chi connectivity index (χ2v) is 39.0. The van der Waals surface area contributed by atoms with Crippen LogP contribution in [0.2, 0.25) is 0 Å². The number of esters is 2. The summed E-state index contributed by atoms with van der Waals surface area (Å²) in [6.07, 6.45) is -0.426. The number of carbonyl (C=O) groups is 10. The van der Waals surface area contributed by atoms with Crippen molar-refractivity contribution in [3.05, 3.63) is 446 Å². The second-order valence-electron chi connectivity index (χ2n) is 39.0. The number of ketones is 4. The van der Waals surface area contributed by atoms with E-state index in [2.05, 4.69) is 9.80 Å². The van der Waals surface area contributed by atoms with E-state index in [1.807, 2.05) is 125 Å². The van der Waals surface area contributed by atoms with Gasteiger partial charge < -0.3 is 58.0 Å². The molecule has 150 heavy (non-hydrogen) atoms. The first kappa shape index (κ1) is 102. The number of benzene rings is 14. The molecule has 0 bridgehead atoms. The highest BCUT2D eigenvalue weighted by Crippen LogP contribution is 2.45. The molecule has 0 atom stereocenters. The summed E-state index contributed by atoms with van der Waals surface area (Å²) in [7, 11) is 0. The van der Waals surface area contributed by atoms with Crippen LogP contribution in [0.1, 0.15) is 245 Å². The summed E-state index contributed by atoms with van der Waals surface area (Å²) in [4.78, 5) is 172. The van der Waals surface area contributed by atoms with Crippen LogP contribution in [0.25, 0.3) is 21.9 Å². The number of hydrogen-bond acceptors (Lipinski definition) is 24. The molecule has 26 nitrogen and oxygen atoms in total. The van der Waals surface area contributed by atoms with Crippen molar-refractivity contribution < 1.29 is 96.2 Å². The van der Waals surface area contributed by atoms with Gasteiger partial charge in [0.15, 0.2) is 23.1 Å². The summed E-state index contributed by atoms with van der Waals surface area (Å²) >= 11 is 0. The number of imide groups is 2. The molecule has 14 aromatic carbocycles. The van der Waals surface area contributed by atoms with Gasteiger partial charge in [0.1, 0.15) is 70.4 Å². The lowest BCUT2D eigenvalue weighted by atomic mass is 9.76. The zero-order valence-electron chi connectivity index (χ0n) is 84.3. The van der Waals surface area contributed by atoms with Gasteiger partial charge in [0.25, 0.3) is 23.6 Å². The van der Waals surface area contributed by atoms with Gasteiger partial charge in [-0.2, -0.15) is 0 Å². The lowest BCUT2D eigenvalue weighted by molar-refractivity contribution is 0.0460. The van der Waals surface area contributed by atoms with Crippen molar-refractivity contribution in [1.29, 1.82) is 0 Å². The minimum absolute atomic E-state index is 0.0170. The fourth-order valence-corrected chi connectivity index (χ4v) is 19.1. The number of amides is 4. The highest BCUT2D eigenvalue weighted by molar-refractivity contribution is 6.36.